The lowest BCUT2D eigenvalue weighted by molar-refractivity contribution is -0.145. The van der Waals surface area contributed by atoms with E-state index >= 15 is 0 Å². The molecule has 1 aliphatic carbocycles. The van der Waals surface area contributed by atoms with Gasteiger partial charge in [-0.1, -0.05) is 12.1 Å². The molecule has 2 aromatic rings. The van der Waals surface area contributed by atoms with Crippen molar-refractivity contribution in [3.8, 4) is 16.9 Å². The number of ether oxygens (including phenoxy) is 1. The zero-order valence-corrected chi connectivity index (χ0v) is 17.2. The van der Waals surface area contributed by atoms with E-state index < -0.39 is 29.9 Å². The van der Waals surface area contributed by atoms with Crippen LogP contribution in [0.15, 0.2) is 41.4 Å². The Balaban J connectivity index is 1.71. The number of likely N-dealkylation sites (N-methyl/N-ethyl adjacent to an activating group) is 1. The number of nitrogens with two attached hydrogens (primary N) is 1. The number of halogens is 3. The first-order valence-electron chi connectivity index (χ1n) is 10.2. The summed E-state index contributed by atoms with van der Waals surface area (Å²) in [6.07, 6.45) is -1.60. The molecule has 31 heavy (non-hydrogen) atoms. The monoisotopic (exact) mass is 429 g/mol. The molecule has 5 rings (SSSR count). The molecule has 2 heterocycles. The lowest BCUT2D eigenvalue weighted by Gasteiger charge is -2.47. The predicted octanol–water partition coefficient (Wildman–Crippen LogP) is 3.98. The predicted molar refractivity (Wildman–Crippen MR) is 109 cm³/mol. The van der Waals surface area contributed by atoms with Crippen molar-refractivity contribution in [2.24, 2.45) is 16.6 Å². The van der Waals surface area contributed by atoms with E-state index in [2.05, 4.69) is 4.99 Å². The Kier molecular flexibility index (Phi) is 4.16. The first-order valence-corrected chi connectivity index (χ1v) is 10.2. The van der Waals surface area contributed by atoms with Crippen molar-refractivity contribution >= 4 is 11.9 Å². The van der Waals surface area contributed by atoms with E-state index in [1.165, 1.54) is 24.1 Å². The number of hydrogen-bond acceptors (Lipinski definition) is 4. The van der Waals surface area contributed by atoms with Crippen molar-refractivity contribution in [3.63, 3.8) is 0 Å². The van der Waals surface area contributed by atoms with E-state index in [-0.39, 0.29) is 30.5 Å². The van der Waals surface area contributed by atoms with Crippen LogP contribution in [0.2, 0.25) is 0 Å². The summed E-state index contributed by atoms with van der Waals surface area (Å²) in [4.78, 5) is 19.3. The van der Waals surface area contributed by atoms with Crippen molar-refractivity contribution in [3.05, 3.63) is 53.3 Å². The smallest absolute Gasteiger partial charge is 0.262 e. The molecular formula is C23H22F3N3O2. The third kappa shape index (κ3) is 2.91. The Morgan fingerprint density at radius 2 is 1.97 bits per heavy atom. The highest BCUT2D eigenvalue weighted by molar-refractivity contribution is 6.07. The van der Waals surface area contributed by atoms with Crippen molar-refractivity contribution in [1.29, 1.82) is 0 Å². The van der Waals surface area contributed by atoms with Gasteiger partial charge in [0.2, 0.25) is 0 Å². The summed E-state index contributed by atoms with van der Waals surface area (Å²) in [5.74, 6) is -3.78. The van der Waals surface area contributed by atoms with E-state index in [4.69, 9.17) is 10.5 Å². The summed E-state index contributed by atoms with van der Waals surface area (Å²) in [7, 11) is 1.53. The third-order valence-electron chi connectivity index (χ3n) is 6.62. The lowest BCUT2D eigenvalue weighted by atomic mass is 9.66. The highest BCUT2D eigenvalue weighted by atomic mass is 19.3. The Labute approximate surface area is 177 Å². The fraction of sp³-hybridized carbons (Fsp3) is 0.391. The fourth-order valence-electron chi connectivity index (χ4n) is 5.15. The van der Waals surface area contributed by atoms with Gasteiger partial charge < -0.3 is 10.5 Å². The van der Waals surface area contributed by atoms with Crippen molar-refractivity contribution in [2.45, 2.75) is 43.8 Å². The minimum atomic E-state index is -2.86. The first kappa shape index (κ1) is 19.9. The molecule has 162 valence electrons. The molecule has 2 N–H and O–H groups in total. The molecule has 8 heteroatoms. The van der Waals surface area contributed by atoms with Gasteiger partial charge in [0, 0.05) is 31.4 Å². The summed E-state index contributed by atoms with van der Waals surface area (Å²) in [6, 6.07) is 9.81. The number of rotatable bonds is 1. The maximum absolute atomic E-state index is 14.2. The van der Waals surface area contributed by atoms with Crippen LogP contribution in [-0.2, 0) is 10.3 Å². The van der Waals surface area contributed by atoms with Crippen molar-refractivity contribution in [1.82, 2.24) is 4.90 Å². The summed E-state index contributed by atoms with van der Waals surface area (Å²) in [6.45, 7) is 1.79. The Hall–Kier alpha value is -3.03. The second-order valence-corrected chi connectivity index (χ2v) is 8.69. The van der Waals surface area contributed by atoms with Crippen LogP contribution in [0.25, 0.3) is 11.1 Å². The number of aryl methyl sites for hydroxylation is 1. The number of alkyl halides is 2. The second-order valence-electron chi connectivity index (χ2n) is 8.69. The number of fused-ring (bicyclic) bond motifs is 4. The summed E-state index contributed by atoms with van der Waals surface area (Å²) >= 11 is 0. The first-order chi connectivity index (χ1) is 14.6. The molecule has 0 saturated heterocycles. The maximum Gasteiger partial charge on any atom is 0.262 e. The fourth-order valence-corrected chi connectivity index (χ4v) is 5.15. The average Bonchev–Trinajstić information content (AvgIpc) is 2.91. The van der Waals surface area contributed by atoms with E-state index in [0.717, 1.165) is 5.56 Å². The molecule has 3 aliphatic rings. The van der Waals surface area contributed by atoms with E-state index in [0.29, 0.717) is 22.4 Å². The van der Waals surface area contributed by atoms with Crippen LogP contribution in [0.1, 0.15) is 30.4 Å². The number of amides is 1. The SMILES string of the molecule is Cc1cc(F)cc(-c2ccc3c(c2)C2(N=C(N)N(C)C2=O)C2CCC(F)(F)CC2O3)c1. The van der Waals surface area contributed by atoms with E-state index in [1.54, 1.807) is 25.1 Å². The Morgan fingerprint density at radius 1 is 1.19 bits per heavy atom. The molecule has 3 atom stereocenters. The number of benzene rings is 2. The van der Waals surface area contributed by atoms with Crippen LogP contribution in [0.5, 0.6) is 5.75 Å². The van der Waals surface area contributed by atoms with Gasteiger partial charge in [-0.2, -0.15) is 0 Å². The molecule has 3 unspecified atom stereocenters. The van der Waals surface area contributed by atoms with Crippen LogP contribution in [0.4, 0.5) is 13.2 Å². The number of guanidine groups is 1. The largest absolute Gasteiger partial charge is 0.489 e. The van der Waals surface area contributed by atoms with Crippen LogP contribution in [0, 0.1) is 18.7 Å². The van der Waals surface area contributed by atoms with Crippen molar-refractivity contribution in [2.75, 3.05) is 7.05 Å². The van der Waals surface area contributed by atoms with Crippen molar-refractivity contribution < 1.29 is 22.7 Å². The van der Waals surface area contributed by atoms with Gasteiger partial charge >= 0.3 is 0 Å². The molecular weight excluding hydrogens is 407 g/mol. The molecule has 0 bridgehead atoms. The van der Waals surface area contributed by atoms with Gasteiger partial charge in [0.05, 0.1) is 0 Å². The van der Waals surface area contributed by atoms with Crippen LogP contribution < -0.4 is 10.5 Å². The quantitative estimate of drug-likeness (QED) is 0.746. The average molecular weight is 429 g/mol. The zero-order chi connectivity index (χ0) is 22.1. The molecule has 2 aromatic carbocycles. The molecule has 0 radical (unpaired) electrons. The number of hydrogen-bond donors (Lipinski definition) is 1. The molecule has 5 nitrogen and oxygen atoms in total. The minimum absolute atomic E-state index is 0.0425. The maximum atomic E-state index is 14.2. The third-order valence-corrected chi connectivity index (χ3v) is 6.62. The zero-order valence-electron chi connectivity index (χ0n) is 17.2. The number of carbonyl (C=O) groups is 1. The molecule has 1 fully saturated rings. The molecule has 1 amide bonds. The van der Waals surface area contributed by atoms with E-state index in [9.17, 15) is 18.0 Å². The van der Waals surface area contributed by atoms with Gasteiger partial charge in [-0.3, -0.25) is 9.69 Å². The summed E-state index contributed by atoms with van der Waals surface area (Å²) < 4.78 is 48.3. The number of carbonyl (C=O) groups excluding carboxylic acids is 1. The highest BCUT2D eigenvalue weighted by Gasteiger charge is 2.62. The summed E-state index contributed by atoms with van der Waals surface area (Å²) in [5, 5.41) is 0. The lowest BCUT2D eigenvalue weighted by Crippen LogP contribution is -2.56. The number of aliphatic imine (C=N–C) groups is 1. The molecule has 0 aromatic heterocycles. The molecule has 1 spiro atoms. The Bertz CT molecular complexity index is 1110. The molecule has 2 aliphatic heterocycles. The topological polar surface area (TPSA) is 67.9 Å². The highest BCUT2D eigenvalue weighted by Crippen LogP contribution is 2.55. The van der Waals surface area contributed by atoms with Gasteiger partial charge in [0.25, 0.3) is 11.8 Å². The molecule has 1 saturated carbocycles. The minimum Gasteiger partial charge on any atom is -0.489 e. The van der Waals surface area contributed by atoms with Gasteiger partial charge in [-0.25, -0.2) is 18.2 Å². The van der Waals surface area contributed by atoms with E-state index in [1.807, 2.05) is 6.07 Å². The normalized spacial score (nSPS) is 28.7. The van der Waals surface area contributed by atoms with Crippen LogP contribution >= 0.6 is 0 Å². The summed E-state index contributed by atoms with van der Waals surface area (Å²) in [5.41, 5.74) is 7.15. The second kappa shape index (κ2) is 6.48. The van der Waals surface area contributed by atoms with Crippen LogP contribution in [0.3, 0.4) is 0 Å². The van der Waals surface area contributed by atoms with Gasteiger partial charge in [-0.15, -0.1) is 0 Å². The number of nitrogens with zero attached hydrogens (tertiary/aromatic N) is 2. The van der Waals surface area contributed by atoms with Gasteiger partial charge in [0.15, 0.2) is 11.5 Å². The van der Waals surface area contributed by atoms with Crippen LogP contribution in [-0.4, -0.2) is 35.8 Å². The van der Waals surface area contributed by atoms with Gasteiger partial charge in [0.1, 0.15) is 17.7 Å². The van der Waals surface area contributed by atoms with Gasteiger partial charge in [-0.05, 0) is 54.3 Å². The Morgan fingerprint density at radius 3 is 2.65 bits per heavy atom. The standard InChI is InChI=1S/C23H22F3N3O2/c1-12-7-14(9-15(24)8-12)13-3-4-18-17(10-13)23(20(30)29(2)21(27)28-23)16-5-6-22(25,26)11-19(16)31-18/h3-4,7-10,16,19H,5-6,11H2,1-2H3,(H2,27,28).